The molecule has 0 spiro atoms. The van der Waals surface area contributed by atoms with E-state index in [1.165, 1.54) is 12.1 Å². The van der Waals surface area contributed by atoms with E-state index in [4.69, 9.17) is 5.39 Å². The molecular weight excluding hydrogens is 240 g/mol. The first-order chi connectivity index (χ1) is 7.95. The van der Waals surface area contributed by atoms with Gasteiger partial charge in [-0.05, 0) is 0 Å². The highest BCUT2D eigenvalue weighted by molar-refractivity contribution is 8.00. The largest absolute Gasteiger partial charge is 0.395 e. The smallest absolute Gasteiger partial charge is 0.285 e. The molecule has 17 heavy (non-hydrogen) atoms. The van der Waals surface area contributed by atoms with Gasteiger partial charge in [0.25, 0.3) is 5.78 Å². The van der Waals surface area contributed by atoms with Gasteiger partial charge in [0.2, 0.25) is 5.39 Å². The van der Waals surface area contributed by atoms with Crippen LogP contribution in [-0.4, -0.2) is 26.5 Å². The van der Waals surface area contributed by atoms with E-state index in [1.54, 1.807) is 18.2 Å². The van der Waals surface area contributed by atoms with E-state index in [2.05, 4.69) is 4.98 Å². The van der Waals surface area contributed by atoms with Crippen molar-refractivity contribution in [2.45, 2.75) is 6.04 Å². The summed E-state index contributed by atoms with van der Waals surface area (Å²) in [5.41, 5.74) is 0.623. The van der Waals surface area contributed by atoms with Gasteiger partial charge in [-0.2, -0.15) is 0 Å². The Morgan fingerprint density at radius 3 is 2.35 bits per heavy atom. The Morgan fingerprint density at radius 2 is 1.82 bits per heavy atom. The van der Waals surface area contributed by atoms with E-state index in [0.29, 0.717) is 5.56 Å². The van der Waals surface area contributed by atoms with Crippen LogP contribution in [0.2, 0.25) is 0 Å². The number of carbonyl (C=O) groups is 1. The Balaban J connectivity index is 2.77. The van der Waals surface area contributed by atoms with E-state index < -0.39 is 21.7 Å². The molecule has 0 aromatic heterocycles. The molecule has 0 aliphatic heterocycles. The maximum absolute atomic E-state index is 11.8. The molecule has 1 aliphatic rings. The van der Waals surface area contributed by atoms with Crippen molar-refractivity contribution < 1.29 is 13.2 Å². The predicted octanol–water partition coefficient (Wildman–Crippen LogP) is 1.49. The van der Waals surface area contributed by atoms with E-state index in [1.807, 2.05) is 0 Å². The molecule has 0 bridgehead atoms. The Morgan fingerprint density at radius 1 is 1.24 bits per heavy atom. The molecule has 1 aliphatic carbocycles. The third-order valence-electron chi connectivity index (χ3n) is 2.56. The summed E-state index contributed by atoms with van der Waals surface area (Å²) < 4.78 is 23.2. The molecule has 0 radical (unpaired) electrons. The molecule has 1 atom stereocenters. The van der Waals surface area contributed by atoms with Gasteiger partial charge >= 0.3 is 6.04 Å². The van der Waals surface area contributed by atoms with Crippen LogP contribution < -0.4 is 0 Å². The molecule has 0 heterocycles. The maximum Gasteiger partial charge on any atom is 0.395 e. The van der Waals surface area contributed by atoms with Gasteiger partial charge < -0.3 is 0 Å². The average molecular weight is 249 g/mol. The number of hydrogen-bond donors (Lipinski definition) is 0. The van der Waals surface area contributed by atoms with Gasteiger partial charge in [0, 0.05) is 23.5 Å². The van der Waals surface area contributed by atoms with Gasteiger partial charge in [-0.3, -0.25) is 4.79 Å². The number of ketones is 1. The number of nitrogens with zero attached hydrogens (tertiary/aromatic N) is 2. The van der Waals surface area contributed by atoms with Crippen LogP contribution in [0.25, 0.3) is 9.88 Å². The monoisotopic (exact) mass is 249 g/mol. The van der Waals surface area contributed by atoms with Crippen LogP contribution in [-0.2, 0) is 9.84 Å². The molecule has 0 fully saturated rings. The van der Waals surface area contributed by atoms with Crippen LogP contribution in [0.15, 0.2) is 30.3 Å². The van der Waals surface area contributed by atoms with Crippen molar-refractivity contribution in [1.82, 2.24) is 0 Å². The zero-order chi connectivity index (χ0) is 12.6. The molecule has 5 nitrogen and oxygen atoms in total. The molecule has 0 amide bonds. The highest BCUT2D eigenvalue weighted by atomic mass is 32.2. The summed E-state index contributed by atoms with van der Waals surface area (Å²) in [6, 6.07) is 5.23. The Bertz CT molecular complexity index is 668. The minimum atomic E-state index is -3.47. The zero-order valence-corrected chi connectivity index (χ0v) is 9.81. The number of Topliss-reactive ketones (excluding diaryl/α,β-unsaturated/α-hetero) is 1. The van der Waals surface area contributed by atoms with Gasteiger partial charge in [-0.15, -0.1) is 0 Å². The average Bonchev–Trinajstić information content (AvgIpc) is 2.28. The number of diazo groups is 1. The first kappa shape index (κ1) is 11.5. The molecule has 2 rings (SSSR count). The van der Waals surface area contributed by atoms with Crippen LogP contribution in [0.1, 0.15) is 15.9 Å². The van der Waals surface area contributed by atoms with Crippen LogP contribution in [0.4, 0.5) is 0 Å². The molecule has 6 heteroatoms. The predicted molar refractivity (Wildman–Crippen MR) is 62.5 cm³/mol. The van der Waals surface area contributed by atoms with Crippen molar-refractivity contribution in [2.75, 3.05) is 6.26 Å². The summed E-state index contributed by atoms with van der Waals surface area (Å²) in [4.78, 5) is 14.8. The lowest BCUT2D eigenvalue weighted by Crippen LogP contribution is -2.23. The van der Waals surface area contributed by atoms with E-state index in [-0.39, 0.29) is 10.5 Å². The molecule has 0 saturated carbocycles. The number of fused-ring (bicyclic) bond motifs is 1. The lowest BCUT2D eigenvalue weighted by atomic mass is 9.93. The molecule has 1 aromatic carbocycles. The number of hydrogen-bond acceptors (Lipinski definition) is 4. The summed E-state index contributed by atoms with van der Waals surface area (Å²) >= 11 is 0. The number of benzene rings is 1. The van der Waals surface area contributed by atoms with E-state index in [0.717, 1.165) is 6.26 Å². The number of carbonyl (C=O) groups excluding carboxylic acids is 1. The fourth-order valence-corrected chi connectivity index (χ4v) is 2.74. The zero-order valence-electron chi connectivity index (χ0n) is 8.99. The molecule has 0 saturated heterocycles. The van der Waals surface area contributed by atoms with Gasteiger partial charge in [-0.1, -0.05) is 24.3 Å². The van der Waals surface area contributed by atoms with Crippen molar-refractivity contribution in [2.24, 2.45) is 0 Å². The maximum atomic E-state index is 11.8. The summed E-state index contributed by atoms with van der Waals surface area (Å²) in [7, 11) is -3.47. The lowest BCUT2D eigenvalue weighted by Gasteiger charge is -2.13. The van der Waals surface area contributed by atoms with Crippen molar-refractivity contribution in [3.05, 3.63) is 46.4 Å². The highest BCUT2D eigenvalue weighted by Crippen LogP contribution is 2.30. The van der Waals surface area contributed by atoms with Crippen molar-refractivity contribution in [1.29, 1.82) is 5.39 Å². The molecule has 86 valence electrons. The quantitative estimate of drug-likeness (QED) is 0.706. The van der Waals surface area contributed by atoms with Crippen LogP contribution in [0, 0.1) is 5.39 Å². The fourth-order valence-electron chi connectivity index (χ4n) is 1.79. The third-order valence-corrected chi connectivity index (χ3v) is 3.71. The standard InChI is InChI=1S/C11H9N2O3S/c1-17(15,16)10-6-9(13-12)11(14)8-5-3-2-4-7(8)10/h2-6,9H,1H3/q+1. The SMILES string of the molecule is CS(=O)(=O)C1=CC([N+]#N)C(=O)c2ccccc21. The number of sulfone groups is 1. The van der Waals surface area contributed by atoms with Crippen LogP contribution in [0.5, 0.6) is 0 Å². The van der Waals surface area contributed by atoms with Crippen molar-refractivity contribution >= 4 is 20.5 Å². The Hall–Kier alpha value is -2.00. The first-order valence-corrected chi connectivity index (χ1v) is 6.74. The second kappa shape index (κ2) is 3.79. The van der Waals surface area contributed by atoms with Gasteiger partial charge in [-0.25, -0.2) is 8.42 Å². The van der Waals surface area contributed by atoms with Gasteiger partial charge in [0.05, 0.1) is 4.91 Å². The van der Waals surface area contributed by atoms with Crippen molar-refractivity contribution in [3.8, 4) is 0 Å². The second-order valence-corrected chi connectivity index (χ2v) is 5.76. The minimum Gasteiger partial charge on any atom is -0.285 e. The highest BCUT2D eigenvalue weighted by Gasteiger charge is 2.38. The molecular formula is C11H9N2O3S+. The summed E-state index contributed by atoms with van der Waals surface area (Å²) in [6.45, 7) is 0. The fraction of sp³-hybridized carbons (Fsp3) is 0.182. The lowest BCUT2D eigenvalue weighted by molar-refractivity contribution is 0.0987. The van der Waals surface area contributed by atoms with E-state index in [9.17, 15) is 13.2 Å². The topological polar surface area (TPSA) is 79.4 Å². The van der Waals surface area contributed by atoms with E-state index >= 15 is 0 Å². The second-order valence-electron chi connectivity index (χ2n) is 3.77. The Labute approximate surface area is 98.3 Å². The molecule has 1 unspecified atom stereocenters. The van der Waals surface area contributed by atoms with Gasteiger partial charge in [0.15, 0.2) is 9.84 Å². The van der Waals surface area contributed by atoms with Crippen LogP contribution >= 0.6 is 0 Å². The summed E-state index contributed by atoms with van der Waals surface area (Å²) in [5.74, 6) is -0.407. The number of rotatable bonds is 1. The van der Waals surface area contributed by atoms with Crippen LogP contribution in [0.3, 0.4) is 0 Å². The Kier molecular flexibility index (Phi) is 2.56. The minimum absolute atomic E-state index is 0.0236. The normalized spacial score (nSPS) is 19.2. The summed E-state index contributed by atoms with van der Waals surface area (Å²) in [6.07, 6.45) is 2.22. The van der Waals surface area contributed by atoms with Crippen molar-refractivity contribution in [3.63, 3.8) is 0 Å². The van der Waals surface area contributed by atoms with Gasteiger partial charge in [0.1, 0.15) is 4.98 Å². The summed E-state index contributed by atoms with van der Waals surface area (Å²) in [5, 5.41) is 8.74. The first-order valence-electron chi connectivity index (χ1n) is 4.85. The third kappa shape index (κ3) is 1.85. The molecule has 1 aromatic rings. The molecule has 0 N–H and O–H groups in total.